The summed E-state index contributed by atoms with van der Waals surface area (Å²) in [5.74, 6) is -0.319. The smallest absolute Gasteiger partial charge is 0.226 e. The molecule has 2 aromatic carbocycles. The average molecular weight is 363 g/mol. The topological polar surface area (TPSA) is 73.2 Å². The zero-order chi connectivity index (χ0) is 20.0. The van der Waals surface area contributed by atoms with Crippen molar-refractivity contribution in [2.45, 2.75) is 39.5 Å². The van der Waals surface area contributed by atoms with Gasteiger partial charge in [0.1, 0.15) is 0 Å². The predicted molar refractivity (Wildman–Crippen MR) is 108 cm³/mol. The summed E-state index contributed by atoms with van der Waals surface area (Å²) in [5.41, 5.74) is 3.05. The molecule has 0 unspecified atom stereocenters. The molecule has 0 bridgehead atoms. The second kappa shape index (κ2) is 8.50. The van der Waals surface area contributed by atoms with Gasteiger partial charge in [-0.15, -0.1) is 0 Å². The van der Waals surface area contributed by atoms with Gasteiger partial charge >= 0.3 is 0 Å². The first-order chi connectivity index (χ1) is 12.7. The molecule has 2 aromatic rings. The molecule has 1 N–H and O–H groups in total. The molecule has 0 atom stereocenters. The van der Waals surface area contributed by atoms with Crippen molar-refractivity contribution >= 4 is 23.2 Å². The van der Waals surface area contributed by atoms with Crippen molar-refractivity contribution in [3.8, 4) is 6.07 Å². The lowest BCUT2D eigenvalue weighted by molar-refractivity contribution is -0.117. The maximum atomic E-state index is 12.2. The Labute approximate surface area is 160 Å². The SMILES string of the molecule is CC(=O)N(CCC(=O)Nc1cccc(C#N)c1)c1ccc(C(C)(C)C)cc1. The van der Waals surface area contributed by atoms with Crippen LogP contribution in [-0.2, 0) is 15.0 Å². The number of carbonyl (C=O) groups excluding carboxylic acids is 2. The Morgan fingerprint density at radius 2 is 1.78 bits per heavy atom. The van der Waals surface area contributed by atoms with Crippen LogP contribution in [0.1, 0.15) is 45.2 Å². The summed E-state index contributed by atoms with van der Waals surface area (Å²) in [5, 5.41) is 11.7. The number of nitrogens with zero attached hydrogens (tertiary/aromatic N) is 2. The van der Waals surface area contributed by atoms with E-state index in [1.165, 1.54) is 12.5 Å². The molecule has 0 aliphatic rings. The van der Waals surface area contributed by atoms with Crippen molar-refractivity contribution in [2.24, 2.45) is 0 Å². The van der Waals surface area contributed by atoms with Crippen LogP contribution >= 0.6 is 0 Å². The summed E-state index contributed by atoms with van der Waals surface area (Å²) in [6.07, 6.45) is 0.164. The molecule has 27 heavy (non-hydrogen) atoms. The molecular formula is C22H25N3O2. The van der Waals surface area contributed by atoms with E-state index in [0.717, 1.165) is 5.69 Å². The van der Waals surface area contributed by atoms with Crippen LogP contribution in [0, 0.1) is 11.3 Å². The van der Waals surface area contributed by atoms with Crippen molar-refractivity contribution in [3.63, 3.8) is 0 Å². The Kier molecular flexibility index (Phi) is 6.36. The van der Waals surface area contributed by atoms with E-state index in [9.17, 15) is 9.59 Å². The summed E-state index contributed by atoms with van der Waals surface area (Å²) in [4.78, 5) is 25.9. The van der Waals surface area contributed by atoms with E-state index in [-0.39, 0.29) is 30.2 Å². The van der Waals surface area contributed by atoms with Crippen LogP contribution in [0.3, 0.4) is 0 Å². The molecule has 0 aromatic heterocycles. The van der Waals surface area contributed by atoms with E-state index < -0.39 is 0 Å². The highest BCUT2D eigenvalue weighted by Crippen LogP contribution is 2.25. The minimum Gasteiger partial charge on any atom is -0.326 e. The highest BCUT2D eigenvalue weighted by atomic mass is 16.2. The first-order valence-electron chi connectivity index (χ1n) is 8.89. The number of amides is 2. The average Bonchev–Trinajstić information content (AvgIpc) is 2.61. The zero-order valence-corrected chi connectivity index (χ0v) is 16.2. The Bertz CT molecular complexity index is 858. The van der Waals surface area contributed by atoms with Gasteiger partial charge in [0.25, 0.3) is 0 Å². The number of nitriles is 1. The van der Waals surface area contributed by atoms with E-state index in [2.05, 4.69) is 26.1 Å². The summed E-state index contributed by atoms with van der Waals surface area (Å²) in [7, 11) is 0. The van der Waals surface area contributed by atoms with Crippen molar-refractivity contribution in [1.29, 1.82) is 5.26 Å². The highest BCUT2D eigenvalue weighted by Gasteiger charge is 2.17. The van der Waals surface area contributed by atoms with Crippen molar-refractivity contribution < 1.29 is 9.59 Å². The van der Waals surface area contributed by atoms with Crippen LogP contribution in [0.25, 0.3) is 0 Å². The van der Waals surface area contributed by atoms with Crippen LogP contribution in [-0.4, -0.2) is 18.4 Å². The van der Waals surface area contributed by atoms with Gasteiger partial charge in [0.2, 0.25) is 11.8 Å². The van der Waals surface area contributed by atoms with Gasteiger partial charge in [-0.25, -0.2) is 0 Å². The number of rotatable bonds is 5. The van der Waals surface area contributed by atoms with Gasteiger partial charge in [-0.05, 0) is 41.3 Å². The lowest BCUT2D eigenvalue weighted by atomic mass is 9.87. The Morgan fingerprint density at radius 1 is 1.11 bits per heavy atom. The van der Waals surface area contributed by atoms with E-state index in [1.54, 1.807) is 29.2 Å². The standard InChI is InChI=1S/C22H25N3O2/c1-16(26)25(20-10-8-18(9-11-20)22(2,3)4)13-12-21(27)24-19-7-5-6-17(14-19)15-23/h5-11,14H,12-13H2,1-4H3,(H,24,27). The monoisotopic (exact) mass is 363 g/mol. The lowest BCUT2D eigenvalue weighted by Gasteiger charge is -2.23. The quantitative estimate of drug-likeness (QED) is 0.863. The summed E-state index contributed by atoms with van der Waals surface area (Å²) >= 11 is 0. The molecule has 5 nitrogen and oxygen atoms in total. The number of carbonyl (C=O) groups is 2. The molecule has 0 aliphatic carbocycles. The fourth-order valence-electron chi connectivity index (χ4n) is 2.71. The number of hydrogen-bond donors (Lipinski definition) is 1. The number of anilines is 2. The zero-order valence-electron chi connectivity index (χ0n) is 16.2. The van der Waals surface area contributed by atoms with Gasteiger partial charge in [-0.2, -0.15) is 5.26 Å². The Hall–Kier alpha value is -3.13. The van der Waals surface area contributed by atoms with Gasteiger partial charge in [0.05, 0.1) is 11.6 Å². The maximum Gasteiger partial charge on any atom is 0.226 e. The van der Waals surface area contributed by atoms with Gasteiger partial charge in [-0.1, -0.05) is 39.0 Å². The first kappa shape index (κ1) is 20.2. The molecule has 2 rings (SSSR count). The van der Waals surface area contributed by atoms with E-state index in [1.807, 2.05) is 30.3 Å². The first-order valence-corrected chi connectivity index (χ1v) is 8.89. The summed E-state index contributed by atoms with van der Waals surface area (Å²) in [6, 6.07) is 16.6. The molecule has 2 amide bonds. The van der Waals surface area contributed by atoms with Crippen LogP contribution < -0.4 is 10.2 Å². The molecular weight excluding hydrogens is 338 g/mol. The minimum atomic E-state index is -0.206. The Morgan fingerprint density at radius 3 is 2.33 bits per heavy atom. The third-order valence-electron chi connectivity index (χ3n) is 4.26. The largest absolute Gasteiger partial charge is 0.326 e. The fraction of sp³-hybridized carbons (Fsp3) is 0.318. The van der Waals surface area contributed by atoms with Gasteiger partial charge in [0.15, 0.2) is 0 Å². The summed E-state index contributed by atoms with van der Waals surface area (Å²) < 4.78 is 0. The molecule has 0 heterocycles. The molecule has 0 aliphatic heterocycles. The third kappa shape index (κ3) is 5.68. The lowest BCUT2D eigenvalue weighted by Crippen LogP contribution is -2.32. The second-order valence-electron chi connectivity index (χ2n) is 7.46. The number of hydrogen-bond acceptors (Lipinski definition) is 3. The molecule has 0 fully saturated rings. The minimum absolute atomic E-state index is 0.0391. The molecule has 0 saturated heterocycles. The van der Waals surface area contributed by atoms with Crippen molar-refractivity contribution in [2.75, 3.05) is 16.8 Å². The molecule has 0 saturated carbocycles. The number of nitrogens with one attached hydrogen (secondary N) is 1. The maximum absolute atomic E-state index is 12.2. The molecule has 0 spiro atoms. The van der Waals surface area contributed by atoms with Crippen LogP contribution in [0.5, 0.6) is 0 Å². The third-order valence-corrected chi connectivity index (χ3v) is 4.26. The van der Waals surface area contributed by atoms with E-state index >= 15 is 0 Å². The van der Waals surface area contributed by atoms with Crippen LogP contribution in [0.15, 0.2) is 48.5 Å². The molecule has 0 radical (unpaired) electrons. The van der Waals surface area contributed by atoms with Crippen molar-refractivity contribution in [3.05, 3.63) is 59.7 Å². The number of benzene rings is 2. The summed E-state index contributed by atoms with van der Waals surface area (Å²) in [6.45, 7) is 8.18. The molecule has 5 heteroatoms. The van der Waals surface area contributed by atoms with Crippen LogP contribution in [0.4, 0.5) is 11.4 Å². The van der Waals surface area contributed by atoms with Crippen molar-refractivity contribution in [1.82, 2.24) is 0 Å². The highest BCUT2D eigenvalue weighted by molar-refractivity contribution is 5.94. The van der Waals surface area contributed by atoms with Gasteiger partial charge < -0.3 is 10.2 Å². The van der Waals surface area contributed by atoms with E-state index in [4.69, 9.17) is 5.26 Å². The molecule has 140 valence electrons. The normalized spacial score (nSPS) is 10.8. The second-order valence-corrected chi connectivity index (χ2v) is 7.46. The van der Waals surface area contributed by atoms with Crippen LogP contribution in [0.2, 0.25) is 0 Å². The Balaban J connectivity index is 2.03. The van der Waals surface area contributed by atoms with E-state index in [0.29, 0.717) is 11.3 Å². The fourth-order valence-corrected chi connectivity index (χ4v) is 2.71. The predicted octanol–water partition coefficient (Wildman–Crippen LogP) is 4.24. The van der Waals surface area contributed by atoms with Gasteiger partial charge in [0, 0.05) is 31.3 Å². The van der Waals surface area contributed by atoms with Gasteiger partial charge in [-0.3, -0.25) is 9.59 Å².